The van der Waals surface area contributed by atoms with Crippen molar-refractivity contribution in [3.8, 4) is 0 Å². The van der Waals surface area contributed by atoms with E-state index in [1.54, 1.807) is 31.4 Å². The number of hydrogen-bond acceptors (Lipinski definition) is 3. The second-order valence-electron chi connectivity index (χ2n) is 6.46. The fourth-order valence-electron chi connectivity index (χ4n) is 3.11. The van der Waals surface area contributed by atoms with E-state index in [0.29, 0.717) is 30.6 Å². The standard InChI is InChI=1S/C22H24N4O2/c1-3-20-19(14-25-26(20)15-16-8-5-4-6-9-16)22(28)24-13-17-10-7-11-18(12-17)21(27)23-2/h4-12,14H,3,13,15H2,1-2H3,(H,23,27)(H,24,28). The summed E-state index contributed by atoms with van der Waals surface area (Å²) in [6, 6.07) is 17.3. The van der Waals surface area contributed by atoms with Gasteiger partial charge in [-0.3, -0.25) is 14.3 Å². The molecule has 2 N–H and O–H groups in total. The molecule has 2 aromatic carbocycles. The zero-order chi connectivity index (χ0) is 19.9. The SMILES string of the molecule is CCc1c(C(=O)NCc2cccc(C(=O)NC)c2)cnn1Cc1ccccc1. The van der Waals surface area contributed by atoms with Gasteiger partial charge in [-0.15, -0.1) is 0 Å². The van der Waals surface area contributed by atoms with Crippen molar-refractivity contribution in [1.29, 1.82) is 0 Å². The third kappa shape index (κ3) is 4.46. The minimum absolute atomic E-state index is 0.149. The van der Waals surface area contributed by atoms with Crippen LogP contribution >= 0.6 is 0 Å². The summed E-state index contributed by atoms with van der Waals surface area (Å²) >= 11 is 0. The van der Waals surface area contributed by atoms with Crippen molar-refractivity contribution in [3.63, 3.8) is 0 Å². The number of aromatic nitrogens is 2. The van der Waals surface area contributed by atoms with Gasteiger partial charge in [0.05, 0.1) is 24.0 Å². The molecule has 3 rings (SSSR count). The Morgan fingerprint density at radius 2 is 1.75 bits per heavy atom. The van der Waals surface area contributed by atoms with Crippen molar-refractivity contribution >= 4 is 11.8 Å². The normalized spacial score (nSPS) is 10.5. The van der Waals surface area contributed by atoms with E-state index in [4.69, 9.17) is 0 Å². The van der Waals surface area contributed by atoms with Crippen LogP contribution in [0.1, 0.15) is 44.5 Å². The molecule has 0 saturated carbocycles. The molecule has 6 heteroatoms. The van der Waals surface area contributed by atoms with E-state index in [1.807, 2.05) is 48.0 Å². The molecule has 0 saturated heterocycles. The second-order valence-corrected chi connectivity index (χ2v) is 6.46. The van der Waals surface area contributed by atoms with Gasteiger partial charge in [-0.1, -0.05) is 49.4 Å². The highest BCUT2D eigenvalue weighted by Crippen LogP contribution is 2.13. The average molecular weight is 376 g/mol. The van der Waals surface area contributed by atoms with Crippen molar-refractivity contribution in [3.05, 3.63) is 88.7 Å². The van der Waals surface area contributed by atoms with Crippen LogP contribution < -0.4 is 10.6 Å². The first-order valence-corrected chi connectivity index (χ1v) is 9.30. The minimum Gasteiger partial charge on any atom is -0.355 e. The summed E-state index contributed by atoms with van der Waals surface area (Å²) < 4.78 is 1.87. The molecule has 1 aromatic heterocycles. The maximum absolute atomic E-state index is 12.7. The number of carbonyl (C=O) groups is 2. The Hall–Kier alpha value is -3.41. The van der Waals surface area contributed by atoms with Crippen molar-refractivity contribution < 1.29 is 9.59 Å². The van der Waals surface area contributed by atoms with Crippen LogP contribution in [0.5, 0.6) is 0 Å². The molecular formula is C22H24N4O2. The number of nitrogens with one attached hydrogen (secondary N) is 2. The van der Waals surface area contributed by atoms with Gasteiger partial charge in [-0.2, -0.15) is 5.10 Å². The third-order valence-electron chi connectivity index (χ3n) is 4.57. The molecule has 2 amide bonds. The molecule has 144 valence electrons. The molecule has 0 radical (unpaired) electrons. The van der Waals surface area contributed by atoms with Crippen LogP contribution in [0.4, 0.5) is 0 Å². The van der Waals surface area contributed by atoms with Crippen molar-refractivity contribution in [1.82, 2.24) is 20.4 Å². The first-order chi connectivity index (χ1) is 13.6. The van der Waals surface area contributed by atoms with E-state index in [9.17, 15) is 9.59 Å². The van der Waals surface area contributed by atoms with Gasteiger partial charge in [-0.05, 0) is 29.7 Å². The second kappa shape index (κ2) is 8.99. The Labute approximate surface area is 164 Å². The molecule has 0 spiro atoms. The molecule has 0 atom stereocenters. The molecule has 0 fully saturated rings. The summed E-state index contributed by atoms with van der Waals surface area (Å²) in [5.41, 5.74) is 4.06. The maximum Gasteiger partial charge on any atom is 0.255 e. The Balaban J connectivity index is 1.70. The summed E-state index contributed by atoms with van der Waals surface area (Å²) in [7, 11) is 1.59. The summed E-state index contributed by atoms with van der Waals surface area (Å²) in [6.45, 7) is 2.99. The van der Waals surface area contributed by atoms with Gasteiger partial charge in [0.2, 0.25) is 0 Å². The van der Waals surface area contributed by atoms with Gasteiger partial charge < -0.3 is 10.6 Å². The summed E-state index contributed by atoms with van der Waals surface area (Å²) in [6.07, 6.45) is 2.33. The topological polar surface area (TPSA) is 76.0 Å². The predicted molar refractivity (Wildman–Crippen MR) is 108 cm³/mol. The minimum atomic E-state index is -0.165. The van der Waals surface area contributed by atoms with Crippen molar-refractivity contribution in [2.45, 2.75) is 26.4 Å². The Morgan fingerprint density at radius 3 is 2.46 bits per heavy atom. The predicted octanol–water partition coefficient (Wildman–Crippen LogP) is 2.78. The van der Waals surface area contributed by atoms with Crippen LogP contribution in [0.3, 0.4) is 0 Å². The molecule has 3 aromatic rings. The summed E-state index contributed by atoms with van der Waals surface area (Å²) in [5, 5.41) is 9.94. The van der Waals surface area contributed by atoms with Crippen LogP contribution in [0, 0.1) is 0 Å². The highest BCUT2D eigenvalue weighted by atomic mass is 16.2. The van der Waals surface area contributed by atoms with E-state index in [0.717, 1.165) is 16.8 Å². The Morgan fingerprint density at radius 1 is 1.00 bits per heavy atom. The van der Waals surface area contributed by atoms with Gasteiger partial charge in [0.15, 0.2) is 0 Å². The smallest absolute Gasteiger partial charge is 0.255 e. The van der Waals surface area contributed by atoms with E-state index in [2.05, 4.69) is 15.7 Å². The molecule has 6 nitrogen and oxygen atoms in total. The van der Waals surface area contributed by atoms with Gasteiger partial charge in [0.1, 0.15) is 0 Å². The fourth-order valence-corrected chi connectivity index (χ4v) is 3.11. The van der Waals surface area contributed by atoms with Gasteiger partial charge in [0.25, 0.3) is 11.8 Å². The van der Waals surface area contributed by atoms with Crippen molar-refractivity contribution in [2.75, 3.05) is 7.05 Å². The van der Waals surface area contributed by atoms with Gasteiger partial charge in [0, 0.05) is 19.2 Å². The zero-order valence-corrected chi connectivity index (χ0v) is 16.1. The summed E-state index contributed by atoms with van der Waals surface area (Å²) in [4.78, 5) is 24.4. The van der Waals surface area contributed by atoms with E-state index < -0.39 is 0 Å². The Kier molecular flexibility index (Phi) is 6.22. The van der Waals surface area contributed by atoms with Crippen LogP contribution in [-0.4, -0.2) is 28.6 Å². The van der Waals surface area contributed by atoms with Crippen LogP contribution in [0.15, 0.2) is 60.8 Å². The van der Waals surface area contributed by atoms with E-state index in [1.165, 1.54) is 0 Å². The molecule has 0 aliphatic heterocycles. The number of nitrogens with zero attached hydrogens (tertiary/aromatic N) is 2. The third-order valence-corrected chi connectivity index (χ3v) is 4.57. The van der Waals surface area contributed by atoms with Crippen LogP contribution in [-0.2, 0) is 19.5 Å². The number of carbonyl (C=O) groups excluding carboxylic acids is 2. The quantitative estimate of drug-likeness (QED) is 0.666. The van der Waals surface area contributed by atoms with E-state index in [-0.39, 0.29) is 11.8 Å². The van der Waals surface area contributed by atoms with Gasteiger partial charge >= 0.3 is 0 Å². The van der Waals surface area contributed by atoms with Gasteiger partial charge in [-0.25, -0.2) is 0 Å². The fraction of sp³-hybridized carbons (Fsp3) is 0.227. The lowest BCUT2D eigenvalue weighted by Crippen LogP contribution is -2.24. The molecule has 0 aliphatic rings. The monoisotopic (exact) mass is 376 g/mol. The highest BCUT2D eigenvalue weighted by molar-refractivity contribution is 5.95. The van der Waals surface area contributed by atoms with Crippen LogP contribution in [0.25, 0.3) is 0 Å². The molecule has 0 unspecified atom stereocenters. The zero-order valence-electron chi connectivity index (χ0n) is 16.1. The molecule has 28 heavy (non-hydrogen) atoms. The number of benzene rings is 2. The number of hydrogen-bond donors (Lipinski definition) is 2. The number of amides is 2. The highest BCUT2D eigenvalue weighted by Gasteiger charge is 2.16. The average Bonchev–Trinajstić information content (AvgIpc) is 3.15. The van der Waals surface area contributed by atoms with Crippen molar-refractivity contribution in [2.24, 2.45) is 0 Å². The van der Waals surface area contributed by atoms with Crippen LogP contribution in [0.2, 0.25) is 0 Å². The largest absolute Gasteiger partial charge is 0.355 e. The van der Waals surface area contributed by atoms with E-state index >= 15 is 0 Å². The molecule has 0 bridgehead atoms. The first kappa shape index (κ1) is 19.4. The lowest BCUT2D eigenvalue weighted by atomic mass is 10.1. The molecule has 0 aliphatic carbocycles. The summed E-state index contributed by atoms with van der Waals surface area (Å²) in [5.74, 6) is -0.315. The molecule has 1 heterocycles. The lowest BCUT2D eigenvalue weighted by molar-refractivity contribution is 0.0947. The first-order valence-electron chi connectivity index (χ1n) is 9.30. The lowest BCUT2D eigenvalue weighted by Gasteiger charge is -2.09. The Bertz CT molecular complexity index is 964. The maximum atomic E-state index is 12.7. The number of rotatable bonds is 7. The molecular weight excluding hydrogens is 352 g/mol.